The molecule has 3 aromatic heterocycles. The summed E-state index contributed by atoms with van der Waals surface area (Å²) in [6, 6.07) is 8.48. The van der Waals surface area contributed by atoms with Gasteiger partial charge in [0.05, 0.1) is 12.2 Å². The summed E-state index contributed by atoms with van der Waals surface area (Å²) in [6.45, 7) is 0.0204. The topological polar surface area (TPSA) is 89.2 Å². The smallest absolute Gasteiger partial charge is 0.260 e. The minimum atomic E-state index is -3.82. The molecule has 0 aromatic carbocycles. The van der Waals surface area contributed by atoms with Crippen molar-refractivity contribution in [2.45, 2.75) is 11.6 Å². The van der Waals surface area contributed by atoms with Crippen LogP contribution >= 0.6 is 11.6 Å². The van der Waals surface area contributed by atoms with E-state index in [2.05, 4.69) is 19.9 Å². The lowest BCUT2D eigenvalue weighted by atomic mass is 10.4. The van der Waals surface area contributed by atoms with Gasteiger partial charge in [0.15, 0.2) is 10.2 Å². The van der Waals surface area contributed by atoms with E-state index < -0.39 is 10.0 Å². The second kappa shape index (κ2) is 5.40. The number of hydrogen-bond donors (Lipinski definition) is 1. The normalized spacial score (nSPS) is 11.9. The molecule has 0 saturated heterocycles. The minimum Gasteiger partial charge on any atom is -0.288 e. The number of nitrogens with one attached hydrogen (secondary N) is 1. The van der Waals surface area contributed by atoms with Crippen LogP contribution in [0.25, 0.3) is 5.65 Å². The molecule has 108 valence electrons. The van der Waals surface area contributed by atoms with Gasteiger partial charge in [-0.25, -0.2) is 18.1 Å². The van der Waals surface area contributed by atoms with Crippen LogP contribution in [0.15, 0.2) is 47.8 Å². The van der Waals surface area contributed by atoms with Crippen molar-refractivity contribution in [2.24, 2.45) is 0 Å². The first kappa shape index (κ1) is 13.9. The summed E-state index contributed by atoms with van der Waals surface area (Å²) in [5.74, 6) is 0. The van der Waals surface area contributed by atoms with Gasteiger partial charge in [-0.1, -0.05) is 17.7 Å². The Bertz CT molecular complexity index is 879. The quantitative estimate of drug-likeness (QED) is 0.780. The van der Waals surface area contributed by atoms with Crippen molar-refractivity contribution < 1.29 is 8.42 Å². The number of aromatic nitrogens is 4. The molecule has 0 fully saturated rings. The second-order valence-electron chi connectivity index (χ2n) is 4.18. The highest BCUT2D eigenvalue weighted by Gasteiger charge is 2.24. The van der Waals surface area contributed by atoms with Crippen molar-refractivity contribution in [1.82, 2.24) is 24.3 Å². The van der Waals surface area contributed by atoms with Crippen LogP contribution in [0, 0.1) is 0 Å². The monoisotopic (exact) mass is 323 g/mol. The molecule has 0 aliphatic heterocycles. The SMILES string of the molecule is O=S(=O)(NCc1cccnn1)c1c(Cl)nc2ccccn12. The molecule has 3 heterocycles. The van der Waals surface area contributed by atoms with E-state index in [1.807, 2.05) is 0 Å². The van der Waals surface area contributed by atoms with Crippen LogP contribution in [0.1, 0.15) is 5.69 Å². The fraction of sp³-hybridized carbons (Fsp3) is 0.0833. The second-order valence-corrected chi connectivity index (χ2v) is 6.22. The van der Waals surface area contributed by atoms with Crippen molar-refractivity contribution in [1.29, 1.82) is 0 Å². The van der Waals surface area contributed by atoms with Crippen LogP contribution < -0.4 is 4.72 Å². The third-order valence-corrected chi connectivity index (χ3v) is 4.57. The van der Waals surface area contributed by atoms with Crippen LogP contribution in [0.3, 0.4) is 0 Å². The summed E-state index contributed by atoms with van der Waals surface area (Å²) in [5, 5.41) is 7.33. The predicted octanol–water partition coefficient (Wildman–Crippen LogP) is 1.26. The molecule has 0 atom stereocenters. The van der Waals surface area contributed by atoms with E-state index in [4.69, 9.17) is 11.6 Å². The Morgan fingerprint density at radius 3 is 2.86 bits per heavy atom. The molecule has 0 amide bonds. The molecule has 3 rings (SSSR count). The Labute approximate surface area is 125 Å². The van der Waals surface area contributed by atoms with E-state index >= 15 is 0 Å². The first-order valence-electron chi connectivity index (χ1n) is 5.97. The van der Waals surface area contributed by atoms with E-state index in [1.165, 1.54) is 10.6 Å². The first-order valence-corrected chi connectivity index (χ1v) is 7.83. The first-order chi connectivity index (χ1) is 10.1. The lowest BCUT2D eigenvalue weighted by Gasteiger charge is -2.06. The molecule has 0 spiro atoms. The number of rotatable bonds is 4. The largest absolute Gasteiger partial charge is 0.288 e. The van der Waals surface area contributed by atoms with Crippen LogP contribution in [0.5, 0.6) is 0 Å². The van der Waals surface area contributed by atoms with Crippen molar-refractivity contribution in [3.63, 3.8) is 0 Å². The highest BCUT2D eigenvalue weighted by Crippen LogP contribution is 2.22. The average Bonchev–Trinajstić information content (AvgIpc) is 2.83. The highest BCUT2D eigenvalue weighted by molar-refractivity contribution is 7.89. The number of nitrogens with zero attached hydrogens (tertiary/aromatic N) is 4. The molecule has 9 heteroatoms. The lowest BCUT2D eigenvalue weighted by molar-refractivity contribution is 0.575. The van der Waals surface area contributed by atoms with Gasteiger partial charge in [0.25, 0.3) is 10.0 Å². The lowest BCUT2D eigenvalue weighted by Crippen LogP contribution is -2.25. The predicted molar refractivity (Wildman–Crippen MR) is 76.3 cm³/mol. The van der Waals surface area contributed by atoms with Gasteiger partial charge in [-0.05, 0) is 24.3 Å². The van der Waals surface area contributed by atoms with Gasteiger partial charge in [0, 0.05) is 12.4 Å². The summed E-state index contributed by atoms with van der Waals surface area (Å²) < 4.78 is 28.6. The maximum absolute atomic E-state index is 12.4. The molecule has 0 saturated carbocycles. The number of pyridine rings is 1. The zero-order chi connectivity index (χ0) is 14.9. The maximum atomic E-state index is 12.4. The summed E-state index contributed by atoms with van der Waals surface area (Å²) in [6.07, 6.45) is 3.10. The zero-order valence-electron chi connectivity index (χ0n) is 10.6. The van der Waals surface area contributed by atoms with Crippen molar-refractivity contribution in [3.05, 3.63) is 53.6 Å². The van der Waals surface area contributed by atoms with Gasteiger partial charge in [0.2, 0.25) is 0 Å². The number of imidazole rings is 1. The third-order valence-electron chi connectivity index (χ3n) is 2.77. The van der Waals surface area contributed by atoms with Gasteiger partial charge >= 0.3 is 0 Å². The Morgan fingerprint density at radius 1 is 1.24 bits per heavy atom. The number of hydrogen-bond acceptors (Lipinski definition) is 5. The van der Waals surface area contributed by atoms with Gasteiger partial charge in [-0.2, -0.15) is 10.2 Å². The van der Waals surface area contributed by atoms with Crippen molar-refractivity contribution >= 4 is 27.3 Å². The molecule has 7 nitrogen and oxygen atoms in total. The van der Waals surface area contributed by atoms with Crippen molar-refractivity contribution in [2.75, 3.05) is 0 Å². The zero-order valence-corrected chi connectivity index (χ0v) is 12.2. The standard InChI is InChI=1S/C12H10ClN5O2S/c13-11-12(18-7-2-1-5-10(18)16-11)21(19,20)15-8-9-4-3-6-14-17-9/h1-7,15H,8H2. The molecule has 3 aromatic rings. The molecular weight excluding hydrogens is 314 g/mol. The molecule has 0 bridgehead atoms. The highest BCUT2D eigenvalue weighted by atomic mass is 35.5. The van der Waals surface area contributed by atoms with E-state index in [1.54, 1.807) is 36.5 Å². The van der Waals surface area contributed by atoms with E-state index in [-0.39, 0.29) is 16.7 Å². The summed E-state index contributed by atoms with van der Waals surface area (Å²) >= 11 is 5.95. The van der Waals surface area contributed by atoms with E-state index in [9.17, 15) is 8.42 Å². The number of fused-ring (bicyclic) bond motifs is 1. The van der Waals surface area contributed by atoms with Crippen LogP contribution in [-0.4, -0.2) is 28.0 Å². The number of halogens is 1. The molecule has 0 aliphatic carbocycles. The maximum Gasteiger partial charge on any atom is 0.260 e. The third kappa shape index (κ3) is 2.73. The summed E-state index contributed by atoms with van der Waals surface area (Å²) in [4.78, 5) is 4.02. The Morgan fingerprint density at radius 2 is 2.10 bits per heavy atom. The van der Waals surface area contributed by atoms with Crippen molar-refractivity contribution in [3.8, 4) is 0 Å². The fourth-order valence-corrected chi connectivity index (χ4v) is 3.49. The van der Waals surface area contributed by atoms with Gasteiger partial charge in [-0.15, -0.1) is 0 Å². The van der Waals surface area contributed by atoms with E-state index in [0.717, 1.165) is 0 Å². The van der Waals surface area contributed by atoms with Crippen LogP contribution in [0.2, 0.25) is 5.15 Å². The molecule has 1 N–H and O–H groups in total. The average molecular weight is 324 g/mol. The van der Waals surface area contributed by atoms with Gasteiger partial charge in [-0.3, -0.25) is 4.40 Å². The Hall–Kier alpha value is -2.03. The molecule has 0 aliphatic rings. The molecule has 21 heavy (non-hydrogen) atoms. The summed E-state index contributed by atoms with van der Waals surface area (Å²) in [5.41, 5.74) is 0.966. The Balaban J connectivity index is 1.95. The van der Waals surface area contributed by atoms with Crippen LogP contribution in [-0.2, 0) is 16.6 Å². The molecule has 0 unspecified atom stereocenters. The fourth-order valence-electron chi connectivity index (χ4n) is 1.85. The minimum absolute atomic E-state index is 0.0204. The van der Waals surface area contributed by atoms with Gasteiger partial charge in [0.1, 0.15) is 5.65 Å². The number of sulfonamides is 1. The van der Waals surface area contributed by atoms with Gasteiger partial charge < -0.3 is 0 Å². The Kier molecular flexibility index (Phi) is 3.58. The molecule has 0 radical (unpaired) electrons. The molecular formula is C12H10ClN5O2S. The van der Waals surface area contributed by atoms with Crippen LogP contribution in [0.4, 0.5) is 0 Å². The van der Waals surface area contributed by atoms with E-state index in [0.29, 0.717) is 11.3 Å². The summed E-state index contributed by atoms with van der Waals surface area (Å²) in [7, 11) is -3.82.